The lowest BCUT2D eigenvalue weighted by molar-refractivity contribution is -0.112. The maximum Gasteiger partial charge on any atom is 0.267 e. The van der Waals surface area contributed by atoms with Gasteiger partial charge in [-0.15, -0.1) is 0 Å². The quantitative estimate of drug-likeness (QED) is 0.657. The van der Waals surface area contributed by atoms with E-state index in [0.29, 0.717) is 12.2 Å². The molecule has 0 atom stereocenters. The van der Waals surface area contributed by atoms with Gasteiger partial charge in [-0.25, -0.2) is 0 Å². The summed E-state index contributed by atoms with van der Waals surface area (Å²) in [6, 6.07) is 19.1. The van der Waals surface area contributed by atoms with E-state index in [1.807, 2.05) is 55.5 Å². The van der Waals surface area contributed by atoms with Gasteiger partial charge >= 0.3 is 0 Å². The van der Waals surface area contributed by atoms with E-state index < -0.39 is 5.91 Å². The van der Waals surface area contributed by atoms with Crippen LogP contribution in [0, 0.1) is 18.3 Å². The van der Waals surface area contributed by atoms with Gasteiger partial charge in [0.05, 0.1) is 0 Å². The lowest BCUT2D eigenvalue weighted by Crippen LogP contribution is -2.16. The second-order valence-electron chi connectivity index (χ2n) is 4.86. The van der Waals surface area contributed by atoms with Crippen molar-refractivity contribution in [3.63, 3.8) is 0 Å². The zero-order valence-electron chi connectivity index (χ0n) is 12.3. The average molecular weight is 291 g/mol. The summed E-state index contributed by atoms with van der Waals surface area (Å²) >= 11 is 0. The molecule has 0 radical (unpaired) electrons. The van der Waals surface area contributed by atoms with E-state index >= 15 is 0 Å². The maximum atomic E-state index is 12.0. The molecule has 2 aromatic carbocycles. The molecule has 0 aromatic heterocycles. The molecule has 0 aliphatic rings. The molecule has 0 aliphatic carbocycles. The molecule has 1 amide bonds. The Morgan fingerprint density at radius 1 is 1.14 bits per heavy atom. The number of carbonyl (C=O) groups is 1. The van der Waals surface area contributed by atoms with Crippen LogP contribution in [0.2, 0.25) is 0 Å². The number of nitrogens with one attached hydrogen (secondary N) is 2. The van der Waals surface area contributed by atoms with E-state index in [2.05, 4.69) is 10.6 Å². The predicted molar refractivity (Wildman–Crippen MR) is 86.8 cm³/mol. The molecule has 0 saturated heterocycles. The zero-order valence-corrected chi connectivity index (χ0v) is 12.3. The van der Waals surface area contributed by atoms with Crippen molar-refractivity contribution in [1.82, 2.24) is 5.32 Å². The van der Waals surface area contributed by atoms with Gasteiger partial charge in [-0.2, -0.15) is 5.26 Å². The highest BCUT2D eigenvalue weighted by Gasteiger charge is 2.08. The minimum absolute atomic E-state index is 0.0384. The first kappa shape index (κ1) is 15.3. The highest BCUT2D eigenvalue weighted by Crippen LogP contribution is 2.09. The predicted octanol–water partition coefficient (Wildman–Crippen LogP) is 3.13. The van der Waals surface area contributed by atoms with Crippen molar-refractivity contribution in [3.8, 4) is 6.07 Å². The highest BCUT2D eigenvalue weighted by atomic mass is 16.1. The van der Waals surface area contributed by atoms with Crippen molar-refractivity contribution in [2.75, 3.05) is 5.32 Å². The Hall–Kier alpha value is -3.06. The number of nitrogens with zero attached hydrogens (tertiary/aromatic N) is 1. The van der Waals surface area contributed by atoms with Gasteiger partial charge in [0.25, 0.3) is 5.91 Å². The van der Waals surface area contributed by atoms with Gasteiger partial charge in [-0.05, 0) is 24.6 Å². The Morgan fingerprint density at radius 2 is 1.82 bits per heavy atom. The maximum absolute atomic E-state index is 12.0. The van der Waals surface area contributed by atoms with E-state index in [4.69, 9.17) is 5.26 Å². The van der Waals surface area contributed by atoms with E-state index in [1.165, 1.54) is 6.20 Å². The molecule has 0 heterocycles. The monoisotopic (exact) mass is 291 g/mol. The summed E-state index contributed by atoms with van der Waals surface area (Å²) in [5, 5.41) is 14.8. The third kappa shape index (κ3) is 4.50. The average Bonchev–Trinajstić information content (AvgIpc) is 2.54. The van der Waals surface area contributed by atoms with Crippen LogP contribution < -0.4 is 10.6 Å². The molecular weight excluding hydrogens is 274 g/mol. The van der Waals surface area contributed by atoms with Crippen LogP contribution in [0.15, 0.2) is 66.4 Å². The molecule has 22 heavy (non-hydrogen) atoms. The molecule has 0 spiro atoms. The number of benzene rings is 2. The molecule has 0 unspecified atom stereocenters. The number of carbonyl (C=O) groups excluding carboxylic acids is 1. The lowest BCUT2D eigenvalue weighted by Gasteiger charge is -2.05. The number of hydrogen-bond acceptors (Lipinski definition) is 3. The fourth-order valence-electron chi connectivity index (χ4n) is 1.85. The normalized spacial score (nSPS) is 10.6. The molecule has 0 bridgehead atoms. The summed E-state index contributed by atoms with van der Waals surface area (Å²) in [4.78, 5) is 12.0. The van der Waals surface area contributed by atoms with Crippen LogP contribution in [0.3, 0.4) is 0 Å². The Morgan fingerprint density at radius 3 is 2.45 bits per heavy atom. The minimum Gasteiger partial charge on any atom is -0.386 e. The van der Waals surface area contributed by atoms with Gasteiger partial charge < -0.3 is 10.6 Å². The molecule has 2 aromatic rings. The number of nitriles is 1. The number of rotatable bonds is 5. The molecule has 0 fully saturated rings. The van der Waals surface area contributed by atoms with Gasteiger partial charge in [0, 0.05) is 18.4 Å². The highest BCUT2D eigenvalue weighted by molar-refractivity contribution is 6.06. The smallest absolute Gasteiger partial charge is 0.267 e. The molecule has 0 aliphatic heterocycles. The van der Waals surface area contributed by atoms with Crippen LogP contribution >= 0.6 is 0 Å². The van der Waals surface area contributed by atoms with Crippen LogP contribution in [0.4, 0.5) is 5.69 Å². The first-order valence-corrected chi connectivity index (χ1v) is 6.94. The second-order valence-corrected chi connectivity index (χ2v) is 4.86. The number of amides is 1. The summed E-state index contributed by atoms with van der Waals surface area (Å²) in [6.07, 6.45) is 1.44. The van der Waals surface area contributed by atoms with Crippen molar-refractivity contribution in [2.24, 2.45) is 0 Å². The Bertz CT molecular complexity index is 697. The van der Waals surface area contributed by atoms with Crippen molar-refractivity contribution in [2.45, 2.75) is 13.5 Å². The zero-order chi connectivity index (χ0) is 15.8. The standard InChI is InChI=1S/C18H17N3O/c1-14-7-9-17(10-8-14)21-18(22)16(11-19)13-20-12-15-5-3-2-4-6-15/h2-10,13,20H,12H2,1H3,(H,21,22)/b16-13-. The number of hydrogen-bond donors (Lipinski definition) is 2. The van der Waals surface area contributed by atoms with Gasteiger partial charge in [-0.1, -0.05) is 48.0 Å². The summed E-state index contributed by atoms with van der Waals surface area (Å²) < 4.78 is 0. The molecule has 4 nitrogen and oxygen atoms in total. The molecule has 2 N–H and O–H groups in total. The van der Waals surface area contributed by atoms with Crippen molar-refractivity contribution in [1.29, 1.82) is 5.26 Å². The topological polar surface area (TPSA) is 64.9 Å². The van der Waals surface area contributed by atoms with Gasteiger partial charge in [0.1, 0.15) is 11.6 Å². The Labute approximate surface area is 130 Å². The van der Waals surface area contributed by atoms with Gasteiger partial charge in [0.2, 0.25) is 0 Å². The van der Waals surface area contributed by atoms with E-state index in [-0.39, 0.29) is 5.57 Å². The summed E-state index contributed by atoms with van der Waals surface area (Å²) in [6.45, 7) is 2.53. The molecular formula is C18H17N3O. The molecule has 4 heteroatoms. The number of anilines is 1. The van der Waals surface area contributed by atoms with Crippen molar-refractivity contribution < 1.29 is 4.79 Å². The van der Waals surface area contributed by atoms with E-state index in [1.54, 1.807) is 12.1 Å². The van der Waals surface area contributed by atoms with Crippen LogP contribution in [-0.4, -0.2) is 5.91 Å². The lowest BCUT2D eigenvalue weighted by atomic mass is 10.2. The third-order valence-electron chi connectivity index (χ3n) is 3.07. The second kappa shape index (κ2) is 7.65. The Balaban J connectivity index is 1.95. The van der Waals surface area contributed by atoms with E-state index in [0.717, 1.165) is 11.1 Å². The van der Waals surface area contributed by atoms with Gasteiger partial charge in [-0.3, -0.25) is 4.79 Å². The summed E-state index contributed by atoms with van der Waals surface area (Å²) in [7, 11) is 0. The summed E-state index contributed by atoms with van der Waals surface area (Å²) in [5.41, 5.74) is 2.89. The minimum atomic E-state index is -0.424. The van der Waals surface area contributed by atoms with E-state index in [9.17, 15) is 4.79 Å². The SMILES string of the molecule is Cc1ccc(NC(=O)/C(C#N)=C\NCc2ccccc2)cc1. The Kier molecular flexibility index (Phi) is 5.33. The molecule has 2 rings (SSSR count). The fraction of sp³-hybridized carbons (Fsp3) is 0.111. The van der Waals surface area contributed by atoms with Crippen LogP contribution in [-0.2, 0) is 11.3 Å². The fourth-order valence-corrected chi connectivity index (χ4v) is 1.85. The van der Waals surface area contributed by atoms with Crippen molar-refractivity contribution >= 4 is 11.6 Å². The van der Waals surface area contributed by atoms with Crippen molar-refractivity contribution in [3.05, 3.63) is 77.5 Å². The van der Waals surface area contributed by atoms with Crippen LogP contribution in [0.1, 0.15) is 11.1 Å². The first-order chi connectivity index (χ1) is 10.7. The third-order valence-corrected chi connectivity index (χ3v) is 3.07. The first-order valence-electron chi connectivity index (χ1n) is 6.94. The molecule has 110 valence electrons. The van der Waals surface area contributed by atoms with Crippen LogP contribution in [0.5, 0.6) is 0 Å². The van der Waals surface area contributed by atoms with Gasteiger partial charge in [0.15, 0.2) is 0 Å². The molecule has 0 saturated carbocycles. The largest absolute Gasteiger partial charge is 0.386 e. The van der Waals surface area contributed by atoms with Crippen LogP contribution in [0.25, 0.3) is 0 Å². The summed E-state index contributed by atoms with van der Waals surface area (Å²) in [5.74, 6) is -0.424. The number of aryl methyl sites for hydroxylation is 1.